The van der Waals surface area contributed by atoms with Crippen molar-refractivity contribution in [2.24, 2.45) is 0 Å². The van der Waals surface area contributed by atoms with Crippen LogP contribution in [0, 0.1) is 0 Å². The first kappa shape index (κ1) is 17.0. The van der Waals surface area contributed by atoms with Gasteiger partial charge in [-0.2, -0.15) is 0 Å². The summed E-state index contributed by atoms with van der Waals surface area (Å²) in [6.07, 6.45) is 1.69. The smallest absolute Gasteiger partial charge is 0.270 e. The van der Waals surface area contributed by atoms with E-state index in [9.17, 15) is 4.79 Å². The van der Waals surface area contributed by atoms with Gasteiger partial charge in [-0.3, -0.25) is 19.6 Å². The third kappa shape index (κ3) is 4.03. The number of aromatic nitrogens is 1. The Morgan fingerprint density at radius 1 is 1.12 bits per heavy atom. The minimum Gasteiger partial charge on any atom is -0.383 e. The van der Waals surface area contributed by atoms with Gasteiger partial charge in [-0.15, -0.1) is 0 Å². The number of benzene rings is 1. The van der Waals surface area contributed by atoms with E-state index in [-0.39, 0.29) is 5.91 Å². The Morgan fingerprint density at radius 2 is 1.92 bits per heavy atom. The molecule has 1 unspecified atom stereocenters. The van der Waals surface area contributed by atoms with E-state index in [0.29, 0.717) is 18.3 Å². The number of fused-ring (bicyclic) bond motifs is 3. The van der Waals surface area contributed by atoms with Crippen LogP contribution in [0.4, 0.5) is 5.69 Å². The Labute approximate surface area is 154 Å². The summed E-state index contributed by atoms with van der Waals surface area (Å²) < 4.78 is 0. The Balaban J connectivity index is 1.32. The van der Waals surface area contributed by atoms with E-state index in [1.165, 1.54) is 13.1 Å². The number of nitrogens with zero attached hydrogens (tertiary/aromatic N) is 3. The van der Waals surface area contributed by atoms with E-state index in [1.807, 2.05) is 42.5 Å². The van der Waals surface area contributed by atoms with Crippen LogP contribution >= 0.6 is 0 Å². The lowest BCUT2D eigenvalue weighted by Crippen LogP contribution is -2.62. The fourth-order valence-corrected chi connectivity index (χ4v) is 3.69. The second-order valence-corrected chi connectivity index (χ2v) is 6.97. The molecular formula is C20H25N5O. The molecule has 6 heteroatoms. The number of pyridine rings is 1. The van der Waals surface area contributed by atoms with Crippen LogP contribution in [0.1, 0.15) is 16.1 Å². The van der Waals surface area contributed by atoms with Crippen molar-refractivity contribution in [2.45, 2.75) is 12.6 Å². The summed E-state index contributed by atoms with van der Waals surface area (Å²) in [5.41, 5.74) is 2.47. The average Bonchev–Trinajstić information content (AvgIpc) is 2.72. The van der Waals surface area contributed by atoms with E-state index < -0.39 is 0 Å². The van der Waals surface area contributed by atoms with E-state index in [4.69, 9.17) is 0 Å². The van der Waals surface area contributed by atoms with Gasteiger partial charge < -0.3 is 10.6 Å². The highest BCUT2D eigenvalue weighted by Crippen LogP contribution is 2.17. The van der Waals surface area contributed by atoms with Crippen LogP contribution in [-0.2, 0) is 6.54 Å². The predicted molar refractivity (Wildman–Crippen MR) is 102 cm³/mol. The van der Waals surface area contributed by atoms with Crippen molar-refractivity contribution >= 4 is 11.6 Å². The zero-order chi connectivity index (χ0) is 17.8. The van der Waals surface area contributed by atoms with Gasteiger partial charge in [0.25, 0.3) is 5.91 Å². The second-order valence-electron chi connectivity index (χ2n) is 6.97. The maximum atomic E-state index is 12.4. The van der Waals surface area contributed by atoms with Gasteiger partial charge in [-0.1, -0.05) is 30.3 Å². The number of hydrogen-bond donors (Lipinski definition) is 2. The fraction of sp³-hybridized carbons (Fsp3) is 0.400. The standard InChI is InChI=1S/C20H25N5O/c26-20(23-13-16-4-2-1-3-5-16)19-12-17(6-7-21-19)22-14-18-15-24-8-10-25(18)11-9-24/h1-7,12,18H,8-11,13-15H2,(H,21,22)(H,23,26). The number of anilines is 1. The van der Waals surface area contributed by atoms with Gasteiger partial charge in [-0.05, 0) is 17.7 Å². The molecule has 0 spiro atoms. The van der Waals surface area contributed by atoms with Crippen molar-refractivity contribution in [3.63, 3.8) is 0 Å². The maximum absolute atomic E-state index is 12.4. The molecule has 3 aliphatic rings. The summed E-state index contributed by atoms with van der Waals surface area (Å²) in [6, 6.07) is 14.2. The first-order valence-corrected chi connectivity index (χ1v) is 9.26. The Kier molecular flexibility index (Phi) is 5.13. The lowest BCUT2D eigenvalue weighted by Gasteiger charge is -2.47. The number of piperazine rings is 3. The van der Waals surface area contributed by atoms with Crippen LogP contribution in [0.5, 0.6) is 0 Å². The first-order chi connectivity index (χ1) is 12.8. The van der Waals surface area contributed by atoms with Crippen molar-refractivity contribution < 1.29 is 4.79 Å². The maximum Gasteiger partial charge on any atom is 0.270 e. The number of nitrogens with one attached hydrogen (secondary N) is 2. The van der Waals surface area contributed by atoms with E-state index >= 15 is 0 Å². The number of amides is 1. The van der Waals surface area contributed by atoms with Crippen LogP contribution in [-0.4, -0.2) is 66.0 Å². The van der Waals surface area contributed by atoms with E-state index in [1.54, 1.807) is 6.20 Å². The molecule has 1 amide bonds. The molecular weight excluding hydrogens is 326 g/mol. The molecule has 0 aliphatic carbocycles. The molecule has 0 saturated carbocycles. The number of rotatable bonds is 6. The van der Waals surface area contributed by atoms with Crippen molar-refractivity contribution in [3.05, 3.63) is 59.9 Å². The molecule has 4 heterocycles. The second kappa shape index (κ2) is 7.85. The largest absolute Gasteiger partial charge is 0.383 e. The van der Waals surface area contributed by atoms with Gasteiger partial charge in [0, 0.05) is 63.7 Å². The van der Waals surface area contributed by atoms with E-state index in [0.717, 1.165) is 37.4 Å². The van der Waals surface area contributed by atoms with Crippen LogP contribution in [0.15, 0.2) is 48.7 Å². The number of carbonyl (C=O) groups excluding carboxylic acids is 1. The third-order valence-corrected chi connectivity index (χ3v) is 5.22. The zero-order valence-corrected chi connectivity index (χ0v) is 14.9. The quantitative estimate of drug-likeness (QED) is 0.824. The van der Waals surface area contributed by atoms with Gasteiger partial charge in [0.1, 0.15) is 5.69 Å². The molecule has 2 bridgehead atoms. The lowest BCUT2D eigenvalue weighted by atomic mass is 10.1. The summed E-state index contributed by atoms with van der Waals surface area (Å²) in [6.45, 7) is 7.24. The summed E-state index contributed by atoms with van der Waals surface area (Å²) in [4.78, 5) is 21.7. The monoisotopic (exact) mass is 351 g/mol. The third-order valence-electron chi connectivity index (χ3n) is 5.22. The minimum atomic E-state index is -0.149. The molecule has 1 aromatic heterocycles. The topological polar surface area (TPSA) is 60.5 Å². The molecule has 136 valence electrons. The van der Waals surface area contributed by atoms with Gasteiger partial charge in [0.05, 0.1) is 0 Å². The molecule has 3 aliphatic heterocycles. The summed E-state index contributed by atoms with van der Waals surface area (Å²) >= 11 is 0. The number of carbonyl (C=O) groups is 1. The summed E-state index contributed by atoms with van der Waals surface area (Å²) in [5, 5.41) is 6.41. The molecule has 2 N–H and O–H groups in total. The van der Waals surface area contributed by atoms with Gasteiger partial charge >= 0.3 is 0 Å². The molecule has 2 aromatic rings. The van der Waals surface area contributed by atoms with Crippen LogP contribution in [0.2, 0.25) is 0 Å². The molecule has 6 nitrogen and oxygen atoms in total. The fourth-order valence-electron chi connectivity index (χ4n) is 3.69. The van der Waals surface area contributed by atoms with Crippen LogP contribution in [0.25, 0.3) is 0 Å². The molecule has 3 saturated heterocycles. The molecule has 1 aromatic carbocycles. The normalized spacial score (nSPS) is 24.2. The predicted octanol–water partition coefficient (Wildman–Crippen LogP) is 1.42. The van der Waals surface area contributed by atoms with Crippen molar-refractivity contribution in [1.29, 1.82) is 0 Å². The van der Waals surface area contributed by atoms with Crippen molar-refractivity contribution in [3.8, 4) is 0 Å². The van der Waals surface area contributed by atoms with E-state index in [2.05, 4.69) is 25.4 Å². The Hall–Kier alpha value is -2.44. The molecule has 3 fully saturated rings. The molecule has 0 radical (unpaired) electrons. The molecule has 1 atom stereocenters. The Bertz CT molecular complexity index is 743. The zero-order valence-electron chi connectivity index (χ0n) is 14.9. The van der Waals surface area contributed by atoms with Gasteiger partial charge in [-0.25, -0.2) is 0 Å². The van der Waals surface area contributed by atoms with Crippen LogP contribution < -0.4 is 10.6 Å². The Morgan fingerprint density at radius 3 is 2.65 bits per heavy atom. The SMILES string of the molecule is O=C(NCc1ccccc1)c1cc(NCC2CN3CCN2CC3)ccn1. The molecule has 5 rings (SSSR count). The highest BCUT2D eigenvalue weighted by atomic mass is 16.1. The first-order valence-electron chi connectivity index (χ1n) is 9.26. The lowest BCUT2D eigenvalue weighted by molar-refractivity contribution is 0.0189. The summed E-state index contributed by atoms with van der Waals surface area (Å²) in [5.74, 6) is -0.149. The van der Waals surface area contributed by atoms with Gasteiger partial charge in [0.2, 0.25) is 0 Å². The molecule has 26 heavy (non-hydrogen) atoms. The van der Waals surface area contributed by atoms with Crippen LogP contribution in [0.3, 0.4) is 0 Å². The minimum absolute atomic E-state index is 0.149. The average molecular weight is 351 g/mol. The van der Waals surface area contributed by atoms with Gasteiger partial charge in [0.15, 0.2) is 0 Å². The highest BCUT2D eigenvalue weighted by molar-refractivity contribution is 5.93. The highest BCUT2D eigenvalue weighted by Gasteiger charge is 2.31. The van der Waals surface area contributed by atoms with Crippen molar-refractivity contribution in [2.75, 3.05) is 44.6 Å². The number of hydrogen-bond acceptors (Lipinski definition) is 5. The summed E-state index contributed by atoms with van der Waals surface area (Å²) in [7, 11) is 0. The van der Waals surface area contributed by atoms with Crippen molar-refractivity contribution in [1.82, 2.24) is 20.1 Å².